The van der Waals surface area contributed by atoms with Gasteiger partial charge in [0.2, 0.25) is 5.91 Å². The van der Waals surface area contributed by atoms with Crippen LogP contribution in [-0.2, 0) is 16.1 Å². The van der Waals surface area contributed by atoms with E-state index in [1.54, 1.807) is 0 Å². The van der Waals surface area contributed by atoms with Crippen LogP contribution in [0.25, 0.3) is 0 Å². The molecule has 4 amide bonds. The number of hydrogen-bond donors (Lipinski definition) is 3. The van der Waals surface area contributed by atoms with Gasteiger partial charge in [0, 0.05) is 13.0 Å². The molecule has 2 saturated heterocycles. The number of rotatable bonds is 7. The first-order chi connectivity index (χ1) is 12.5. The number of amides is 4. The summed E-state index contributed by atoms with van der Waals surface area (Å²) in [7, 11) is 0. The molecule has 1 aromatic heterocycles. The Balaban J connectivity index is 1.30. The number of furan rings is 1. The summed E-state index contributed by atoms with van der Waals surface area (Å²) in [4.78, 5) is 36.8. The number of likely N-dealkylation sites (tertiary alicyclic amines) is 1. The van der Waals surface area contributed by atoms with Crippen LogP contribution in [0.4, 0.5) is 4.79 Å². The van der Waals surface area contributed by atoms with Crippen molar-refractivity contribution in [1.82, 2.24) is 20.9 Å². The highest BCUT2D eigenvalue weighted by atomic mass is 16.3. The zero-order valence-electron chi connectivity index (χ0n) is 15.0. The van der Waals surface area contributed by atoms with Crippen LogP contribution in [0.2, 0.25) is 0 Å². The molecule has 0 unspecified atom stereocenters. The van der Waals surface area contributed by atoms with Crippen LogP contribution < -0.4 is 16.0 Å². The Labute approximate surface area is 152 Å². The number of carbonyl (C=O) groups is 3. The predicted molar refractivity (Wildman–Crippen MR) is 94.2 cm³/mol. The second-order valence-electron chi connectivity index (χ2n) is 7.09. The molecule has 0 aliphatic carbocycles. The minimum Gasteiger partial charge on any atom is -0.465 e. The van der Waals surface area contributed by atoms with E-state index in [9.17, 15) is 14.4 Å². The fourth-order valence-corrected chi connectivity index (χ4v) is 3.42. The first-order valence-corrected chi connectivity index (χ1v) is 9.15. The van der Waals surface area contributed by atoms with E-state index in [1.165, 1.54) is 0 Å². The summed E-state index contributed by atoms with van der Waals surface area (Å²) >= 11 is 0. The monoisotopic (exact) mass is 362 g/mol. The van der Waals surface area contributed by atoms with Crippen LogP contribution in [-0.4, -0.2) is 48.4 Å². The second kappa shape index (κ2) is 8.35. The SMILES string of the molecule is Cc1ccc(CN2CCC(CNC(=O)CC[C@@H]3NC(=O)NC3=O)CC2)o1. The third-order valence-corrected chi connectivity index (χ3v) is 4.99. The number of hydrogen-bond acceptors (Lipinski definition) is 5. The highest BCUT2D eigenvalue weighted by molar-refractivity contribution is 6.04. The first kappa shape index (κ1) is 18.4. The Bertz CT molecular complexity index is 664. The number of urea groups is 1. The Morgan fingerprint density at radius 2 is 2.08 bits per heavy atom. The van der Waals surface area contributed by atoms with Crippen molar-refractivity contribution in [3.63, 3.8) is 0 Å². The van der Waals surface area contributed by atoms with E-state index in [2.05, 4.69) is 20.9 Å². The van der Waals surface area contributed by atoms with Crippen LogP contribution in [0, 0.1) is 12.8 Å². The van der Waals surface area contributed by atoms with Crippen molar-refractivity contribution >= 4 is 17.8 Å². The van der Waals surface area contributed by atoms with Crippen molar-refractivity contribution in [1.29, 1.82) is 0 Å². The van der Waals surface area contributed by atoms with Crippen molar-refractivity contribution in [2.75, 3.05) is 19.6 Å². The average molecular weight is 362 g/mol. The fraction of sp³-hybridized carbons (Fsp3) is 0.611. The molecule has 0 radical (unpaired) electrons. The predicted octanol–water partition coefficient (Wildman–Crippen LogP) is 0.904. The molecule has 0 aromatic carbocycles. The van der Waals surface area contributed by atoms with Crippen molar-refractivity contribution in [2.24, 2.45) is 5.92 Å². The van der Waals surface area contributed by atoms with E-state index in [4.69, 9.17) is 4.42 Å². The summed E-state index contributed by atoms with van der Waals surface area (Å²) in [6.07, 6.45) is 2.64. The van der Waals surface area contributed by atoms with Gasteiger partial charge in [0.05, 0.1) is 6.54 Å². The van der Waals surface area contributed by atoms with E-state index in [-0.39, 0.29) is 18.2 Å². The van der Waals surface area contributed by atoms with Gasteiger partial charge in [0.15, 0.2) is 0 Å². The topological polar surface area (TPSA) is 104 Å². The van der Waals surface area contributed by atoms with Gasteiger partial charge in [-0.15, -0.1) is 0 Å². The summed E-state index contributed by atoms with van der Waals surface area (Å²) in [5, 5.41) is 7.61. The van der Waals surface area contributed by atoms with Gasteiger partial charge in [-0.1, -0.05) is 0 Å². The summed E-state index contributed by atoms with van der Waals surface area (Å²) < 4.78 is 5.62. The summed E-state index contributed by atoms with van der Waals surface area (Å²) in [6, 6.07) is 2.92. The smallest absolute Gasteiger partial charge is 0.322 e. The molecular formula is C18H26N4O4. The van der Waals surface area contributed by atoms with E-state index in [0.29, 0.717) is 18.9 Å². The van der Waals surface area contributed by atoms with E-state index < -0.39 is 12.1 Å². The van der Waals surface area contributed by atoms with Crippen LogP contribution in [0.5, 0.6) is 0 Å². The zero-order valence-corrected chi connectivity index (χ0v) is 15.0. The lowest BCUT2D eigenvalue weighted by Crippen LogP contribution is -2.38. The molecule has 2 aliphatic heterocycles. The number of carbonyl (C=O) groups excluding carboxylic acids is 3. The Morgan fingerprint density at radius 1 is 1.31 bits per heavy atom. The maximum atomic E-state index is 12.0. The molecule has 3 heterocycles. The molecule has 3 N–H and O–H groups in total. The lowest BCUT2D eigenvalue weighted by atomic mass is 9.96. The lowest BCUT2D eigenvalue weighted by Gasteiger charge is -2.31. The summed E-state index contributed by atoms with van der Waals surface area (Å²) in [5.74, 6) is 1.97. The molecule has 8 nitrogen and oxygen atoms in total. The Morgan fingerprint density at radius 3 is 2.69 bits per heavy atom. The minimum absolute atomic E-state index is 0.0764. The maximum absolute atomic E-state index is 12.0. The van der Waals surface area contributed by atoms with Gasteiger partial charge < -0.3 is 15.1 Å². The standard InChI is InChI=1S/C18H26N4O4/c1-12-2-3-14(26-12)11-22-8-6-13(7-9-22)10-19-16(23)5-4-15-17(24)21-18(25)20-15/h2-3,13,15H,4-11H2,1H3,(H,19,23)(H2,20,21,24,25)/t15-/m0/s1. The average Bonchev–Trinajstić information content (AvgIpc) is 3.16. The van der Waals surface area contributed by atoms with Gasteiger partial charge in [0.25, 0.3) is 5.91 Å². The third-order valence-electron chi connectivity index (χ3n) is 4.99. The molecular weight excluding hydrogens is 336 g/mol. The zero-order chi connectivity index (χ0) is 18.5. The van der Waals surface area contributed by atoms with Gasteiger partial charge in [-0.05, 0) is 57.3 Å². The minimum atomic E-state index is -0.596. The Hall–Kier alpha value is -2.35. The van der Waals surface area contributed by atoms with Crippen LogP contribution in [0.3, 0.4) is 0 Å². The molecule has 0 spiro atoms. The Kier molecular flexibility index (Phi) is 5.92. The molecule has 2 fully saturated rings. The molecule has 2 aliphatic rings. The van der Waals surface area contributed by atoms with Crippen LogP contribution in [0.15, 0.2) is 16.5 Å². The van der Waals surface area contributed by atoms with Crippen molar-refractivity contribution < 1.29 is 18.8 Å². The number of aryl methyl sites for hydroxylation is 1. The van der Waals surface area contributed by atoms with E-state index in [0.717, 1.165) is 44.0 Å². The van der Waals surface area contributed by atoms with Gasteiger partial charge >= 0.3 is 6.03 Å². The number of imide groups is 1. The molecule has 26 heavy (non-hydrogen) atoms. The molecule has 0 saturated carbocycles. The number of nitrogens with one attached hydrogen (secondary N) is 3. The van der Waals surface area contributed by atoms with Crippen molar-refractivity contribution in [3.05, 3.63) is 23.7 Å². The molecule has 0 bridgehead atoms. The first-order valence-electron chi connectivity index (χ1n) is 9.15. The van der Waals surface area contributed by atoms with E-state index in [1.807, 2.05) is 19.1 Å². The van der Waals surface area contributed by atoms with E-state index >= 15 is 0 Å². The molecule has 8 heteroatoms. The fourth-order valence-electron chi connectivity index (χ4n) is 3.42. The van der Waals surface area contributed by atoms with Crippen LogP contribution in [0.1, 0.15) is 37.2 Å². The molecule has 3 rings (SSSR count). The molecule has 1 atom stereocenters. The van der Waals surface area contributed by atoms with Crippen molar-refractivity contribution in [2.45, 2.75) is 45.2 Å². The largest absolute Gasteiger partial charge is 0.465 e. The van der Waals surface area contributed by atoms with Crippen molar-refractivity contribution in [3.8, 4) is 0 Å². The third kappa shape index (κ3) is 5.08. The number of piperidine rings is 1. The van der Waals surface area contributed by atoms with Gasteiger partial charge in [-0.3, -0.25) is 19.8 Å². The highest BCUT2D eigenvalue weighted by Crippen LogP contribution is 2.19. The second-order valence-corrected chi connectivity index (χ2v) is 7.09. The normalized spacial score (nSPS) is 21.5. The summed E-state index contributed by atoms with van der Waals surface area (Å²) in [5.41, 5.74) is 0. The van der Waals surface area contributed by atoms with Gasteiger partial charge in [-0.2, -0.15) is 0 Å². The summed E-state index contributed by atoms with van der Waals surface area (Å²) in [6.45, 7) is 5.44. The van der Waals surface area contributed by atoms with Gasteiger partial charge in [-0.25, -0.2) is 4.79 Å². The lowest BCUT2D eigenvalue weighted by molar-refractivity contribution is -0.122. The molecule has 1 aromatic rings. The quantitative estimate of drug-likeness (QED) is 0.626. The molecule has 142 valence electrons. The van der Waals surface area contributed by atoms with Gasteiger partial charge in [0.1, 0.15) is 17.6 Å². The number of nitrogens with zero attached hydrogens (tertiary/aromatic N) is 1. The maximum Gasteiger partial charge on any atom is 0.322 e. The highest BCUT2D eigenvalue weighted by Gasteiger charge is 2.29. The van der Waals surface area contributed by atoms with Crippen LogP contribution >= 0.6 is 0 Å².